The summed E-state index contributed by atoms with van der Waals surface area (Å²) < 4.78 is 20.2. The maximum atomic E-state index is 14.2. The van der Waals surface area contributed by atoms with Crippen LogP contribution < -0.4 is 4.90 Å². The molecule has 25 heavy (non-hydrogen) atoms. The Bertz CT molecular complexity index is 949. The van der Waals surface area contributed by atoms with E-state index in [2.05, 4.69) is 4.98 Å². The van der Waals surface area contributed by atoms with E-state index in [4.69, 9.17) is 16.3 Å². The van der Waals surface area contributed by atoms with Crippen molar-refractivity contribution in [3.8, 4) is 11.4 Å². The van der Waals surface area contributed by atoms with Gasteiger partial charge in [0.25, 0.3) is 0 Å². The fourth-order valence-electron chi connectivity index (χ4n) is 2.55. The van der Waals surface area contributed by atoms with Gasteiger partial charge in [0.2, 0.25) is 0 Å². The highest BCUT2D eigenvalue weighted by Crippen LogP contribution is 2.38. The van der Waals surface area contributed by atoms with Crippen molar-refractivity contribution in [2.45, 2.75) is 26.4 Å². The number of nitrogens with zero attached hydrogens (tertiary/aromatic N) is 3. The van der Waals surface area contributed by atoms with E-state index in [0.29, 0.717) is 16.5 Å². The number of anilines is 1. The molecule has 0 atom stereocenters. The van der Waals surface area contributed by atoms with Gasteiger partial charge in [-0.3, -0.25) is 4.90 Å². The molecule has 1 aromatic carbocycles. The van der Waals surface area contributed by atoms with E-state index in [1.165, 1.54) is 30.3 Å². The first kappa shape index (κ1) is 17.3. The van der Waals surface area contributed by atoms with Crippen LogP contribution in [0, 0.1) is 5.82 Å². The van der Waals surface area contributed by atoms with Crippen molar-refractivity contribution in [1.29, 1.82) is 0 Å². The molecule has 1 amide bonds. The van der Waals surface area contributed by atoms with Crippen LogP contribution in [0.4, 0.5) is 14.9 Å². The molecule has 2 aliphatic rings. The molecule has 2 aliphatic heterocycles. The lowest BCUT2D eigenvalue weighted by Gasteiger charge is -2.24. The molecule has 1 N–H and O–H groups in total. The van der Waals surface area contributed by atoms with Gasteiger partial charge in [0.15, 0.2) is 5.82 Å². The standard InChI is InChI=1S/C17H17ClFN3O3/c1-17(2,3)25-16(23)21(4)13-7-10(19)6-11-12-5-9(18)8-22(24)15(12)20-14(11)13/h5-8,24H,1-4H3. The van der Waals surface area contributed by atoms with Gasteiger partial charge in [0, 0.05) is 18.0 Å². The number of fused-ring (bicyclic) bond motifs is 3. The van der Waals surface area contributed by atoms with Crippen LogP contribution in [0.5, 0.6) is 0 Å². The molecule has 0 saturated carbocycles. The minimum absolute atomic E-state index is 0.212. The molecule has 8 heteroatoms. The van der Waals surface area contributed by atoms with Gasteiger partial charge in [-0.2, -0.15) is 4.73 Å². The monoisotopic (exact) mass is 365 g/mol. The van der Waals surface area contributed by atoms with E-state index >= 15 is 0 Å². The van der Waals surface area contributed by atoms with Gasteiger partial charge in [-0.15, -0.1) is 0 Å². The number of halogens is 2. The number of amides is 1. The highest BCUT2D eigenvalue weighted by atomic mass is 35.5. The molecule has 0 aromatic heterocycles. The van der Waals surface area contributed by atoms with Crippen LogP contribution in [0.3, 0.4) is 0 Å². The van der Waals surface area contributed by atoms with Gasteiger partial charge in [-0.25, -0.2) is 14.2 Å². The van der Waals surface area contributed by atoms with Gasteiger partial charge < -0.3 is 9.94 Å². The zero-order chi connectivity index (χ0) is 18.5. The third-order valence-corrected chi connectivity index (χ3v) is 3.78. The second-order valence-corrected chi connectivity index (χ2v) is 7.15. The fourth-order valence-corrected chi connectivity index (χ4v) is 2.75. The zero-order valence-corrected chi connectivity index (χ0v) is 14.9. The predicted octanol–water partition coefficient (Wildman–Crippen LogP) is 4.54. The Balaban J connectivity index is 2.20. The number of pyridine rings is 1. The highest BCUT2D eigenvalue weighted by molar-refractivity contribution is 6.31. The minimum atomic E-state index is -0.691. The average molecular weight is 366 g/mol. The summed E-state index contributed by atoms with van der Waals surface area (Å²) in [5.74, 6) is -0.333. The van der Waals surface area contributed by atoms with E-state index < -0.39 is 17.5 Å². The third kappa shape index (κ3) is 3.19. The van der Waals surface area contributed by atoms with E-state index in [-0.39, 0.29) is 16.5 Å². The van der Waals surface area contributed by atoms with E-state index in [1.807, 2.05) is 0 Å². The molecular weight excluding hydrogens is 349 g/mol. The maximum Gasteiger partial charge on any atom is 0.414 e. The normalized spacial score (nSPS) is 11.9. The van der Waals surface area contributed by atoms with Crippen molar-refractivity contribution in [2.24, 2.45) is 0 Å². The van der Waals surface area contributed by atoms with Crippen LogP contribution in [0.15, 0.2) is 24.4 Å². The average Bonchev–Trinajstić information content (AvgIpc) is 2.83. The number of carbonyl (C=O) groups excluding carboxylic acids is 1. The number of carbonyl (C=O) groups is 1. The Labute approximate surface area is 148 Å². The molecule has 132 valence electrons. The van der Waals surface area contributed by atoms with E-state index in [9.17, 15) is 14.4 Å². The largest absolute Gasteiger partial charge is 0.443 e. The molecule has 0 aliphatic carbocycles. The summed E-state index contributed by atoms with van der Waals surface area (Å²) in [4.78, 5) is 17.8. The summed E-state index contributed by atoms with van der Waals surface area (Å²) in [6.07, 6.45) is 0.644. The van der Waals surface area contributed by atoms with Crippen LogP contribution >= 0.6 is 11.6 Å². The van der Waals surface area contributed by atoms with Gasteiger partial charge in [-0.05, 0) is 39.0 Å². The Morgan fingerprint density at radius 1 is 1.36 bits per heavy atom. The summed E-state index contributed by atoms with van der Waals surface area (Å²) in [6.45, 7) is 5.23. The third-order valence-electron chi connectivity index (χ3n) is 3.58. The Morgan fingerprint density at radius 2 is 2.04 bits per heavy atom. The highest BCUT2D eigenvalue weighted by Gasteiger charge is 2.26. The second-order valence-electron chi connectivity index (χ2n) is 6.71. The molecular formula is C17H17ClFN3O3. The number of rotatable bonds is 1. The van der Waals surface area contributed by atoms with Crippen molar-refractivity contribution >= 4 is 34.3 Å². The first-order valence-corrected chi connectivity index (χ1v) is 7.91. The van der Waals surface area contributed by atoms with E-state index in [0.717, 1.165) is 4.73 Å². The second kappa shape index (κ2) is 5.77. The van der Waals surface area contributed by atoms with Gasteiger partial charge in [0.1, 0.15) is 11.4 Å². The summed E-state index contributed by atoms with van der Waals surface area (Å²) >= 11 is 5.96. The first-order valence-electron chi connectivity index (χ1n) is 7.53. The van der Waals surface area contributed by atoms with Crippen LogP contribution in [0.25, 0.3) is 22.3 Å². The number of hydrogen-bond donors (Lipinski definition) is 1. The van der Waals surface area contributed by atoms with Gasteiger partial charge in [-0.1, -0.05) is 11.6 Å². The fraction of sp³-hybridized carbons (Fsp3) is 0.294. The number of aromatic nitrogens is 2. The van der Waals surface area contributed by atoms with Crippen LogP contribution in [-0.4, -0.2) is 33.7 Å². The smallest absolute Gasteiger partial charge is 0.414 e. The lowest BCUT2D eigenvalue weighted by molar-refractivity contribution is 0.0589. The molecule has 0 bridgehead atoms. The predicted molar refractivity (Wildman–Crippen MR) is 93.1 cm³/mol. The molecule has 0 spiro atoms. The lowest BCUT2D eigenvalue weighted by Crippen LogP contribution is -2.34. The first-order chi connectivity index (χ1) is 11.6. The van der Waals surface area contributed by atoms with Crippen LogP contribution in [0.1, 0.15) is 20.8 Å². The van der Waals surface area contributed by atoms with Gasteiger partial charge >= 0.3 is 6.09 Å². The lowest BCUT2D eigenvalue weighted by atomic mass is 10.1. The number of ether oxygens (including phenoxy) is 1. The summed E-state index contributed by atoms with van der Waals surface area (Å²) in [5.41, 5.74) is 0.374. The van der Waals surface area contributed by atoms with Crippen molar-refractivity contribution in [3.05, 3.63) is 35.2 Å². The van der Waals surface area contributed by atoms with Gasteiger partial charge in [0.05, 0.1) is 22.4 Å². The minimum Gasteiger partial charge on any atom is -0.443 e. The Hall–Kier alpha value is -2.54. The van der Waals surface area contributed by atoms with Crippen molar-refractivity contribution in [1.82, 2.24) is 9.71 Å². The van der Waals surface area contributed by atoms with Crippen LogP contribution in [-0.2, 0) is 4.74 Å². The van der Waals surface area contributed by atoms with Crippen molar-refractivity contribution < 1.29 is 19.1 Å². The molecule has 1 aromatic rings. The van der Waals surface area contributed by atoms with Crippen LogP contribution in [0.2, 0.25) is 5.02 Å². The Morgan fingerprint density at radius 3 is 2.68 bits per heavy atom. The maximum absolute atomic E-state index is 14.2. The SMILES string of the molecule is CN(C(=O)OC(C)(C)C)c1cc(F)cc2c3cc(Cl)cn(O)c-3nc12. The quantitative estimate of drug-likeness (QED) is 0.643. The van der Waals surface area contributed by atoms with Crippen molar-refractivity contribution in [3.63, 3.8) is 0 Å². The Kier molecular flexibility index (Phi) is 3.99. The molecule has 0 fully saturated rings. The van der Waals surface area contributed by atoms with E-state index in [1.54, 1.807) is 26.8 Å². The molecule has 0 unspecified atom stereocenters. The zero-order valence-electron chi connectivity index (χ0n) is 14.2. The molecule has 6 nitrogen and oxygen atoms in total. The topological polar surface area (TPSA) is 67.6 Å². The molecule has 2 heterocycles. The molecule has 3 rings (SSSR count). The summed E-state index contributed by atoms with van der Waals surface area (Å²) in [5, 5.41) is 10.7. The molecule has 0 radical (unpaired) electrons. The van der Waals surface area contributed by atoms with Crippen molar-refractivity contribution in [2.75, 3.05) is 11.9 Å². The number of hydrogen-bond acceptors (Lipinski definition) is 4. The number of benzene rings is 1. The summed E-state index contributed by atoms with van der Waals surface area (Å²) in [6, 6.07) is 4.06. The summed E-state index contributed by atoms with van der Waals surface area (Å²) in [7, 11) is 1.47. The molecule has 0 saturated heterocycles.